The van der Waals surface area contributed by atoms with E-state index in [1.165, 1.54) is 0 Å². The number of benzene rings is 1. The molecule has 0 bridgehead atoms. The Morgan fingerprint density at radius 3 is 2.79 bits per heavy atom. The standard InChI is InChI=1S/C21H28N4O3/c1-21(2,3)28-20(27)24-10-6-7-15(14-24)13-23-11-12-25-18(19(23)26)16-8-4-5-9-17(16)22-25/h4-5,8-9,15H,6-7,10-14H2,1-3H3. The van der Waals surface area contributed by atoms with Gasteiger partial charge in [-0.1, -0.05) is 18.2 Å². The molecule has 7 heteroatoms. The van der Waals surface area contributed by atoms with Crippen LogP contribution in [0.1, 0.15) is 44.1 Å². The Morgan fingerprint density at radius 1 is 1.21 bits per heavy atom. The van der Waals surface area contributed by atoms with Crippen molar-refractivity contribution < 1.29 is 14.3 Å². The summed E-state index contributed by atoms with van der Waals surface area (Å²) in [6, 6.07) is 7.78. The molecule has 1 aromatic heterocycles. The number of hydrogen-bond donors (Lipinski definition) is 0. The number of rotatable bonds is 2. The lowest BCUT2D eigenvalue weighted by Crippen LogP contribution is -2.48. The number of nitrogens with zero attached hydrogens (tertiary/aromatic N) is 4. The van der Waals surface area contributed by atoms with Crippen LogP contribution in [-0.4, -0.2) is 63.4 Å². The zero-order valence-corrected chi connectivity index (χ0v) is 16.9. The number of carbonyl (C=O) groups is 2. The zero-order valence-electron chi connectivity index (χ0n) is 16.9. The minimum atomic E-state index is -0.494. The maximum absolute atomic E-state index is 13.1. The number of fused-ring (bicyclic) bond motifs is 3. The monoisotopic (exact) mass is 384 g/mol. The van der Waals surface area contributed by atoms with Gasteiger partial charge in [0.05, 0.1) is 12.1 Å². The van der Waals surface area contributed by atoms with Crippen LogP contribution in [0, 0.1) is 5.92 Å². The Labute approximate surface area is 165 Å². The van der Waals surface area contributed by atoms with Crippen molar-refractivity contribution in [2.45, 2.75) is 45.8 Å². The molecule has 2 aliphatic rings. The van der Waals surface area contributed by atoms with E-state index in [9.17, 15) is 9.59 Å². The quantitative estimate of drug-likeness (QED) is 0.798. The van der Waals surface area contributed by atoms with Crippen LogP contribution in [0.15, 0.2) is 24.3 Å². The van der Waals surface area contributed by atoms with Crippen LogP contribution < -0.4 is 0 Å². The molecule has 28 heavy (non-hydrogen) atoms. The second kappa shape index (κ2) is 7.11. The van der Waals surface area contributed by atoms with Crippen LogP contribution >= 0.6 is 0 Å². The molecule has 0 aliphatic carbocycles. The van der Waals surface area contributed by atoms with Gasteiger partial charge in [-0.15, -0.1) is 0 Å². The first-order chi connectivity index (χ1) is 13.3. The van der Waals surface area contributed by atoms with Gasteiger partial charge in [0.25, 0.3) is 5.91 Å². The number of hydrogen-bond acceptors (Lipinski definition) is 4. The molecule has 0 radical (unpaired) electrons. The van der Waals surface area contributed by atoms with E-state index in [0.29, 0.717) is 31.9 Å². The fourth-order valence-electron chi connectivity index (χ4n) is 4.13. The second-order valence-electron chi connectivity index (χ2n) is 8.77. The number of likely N-dealkylation sites (tertiary alicyclic amines) is 1. The van der Waals surface area contributed by atoms with Crippen molar-refractivity contribution in [3.05, 3.63) is 30.0 Å². The Kier molecular flexibility index (Phi) is 4.77. The van der Waals surface area contributed by atoms with E-state index in [1.807, 2.05) is 54.6 Å². The molecule has 1 aromatic carbocycles. The molecular formula is C21H28N4O3. The Hall–Kier alpha value is -2.57. The average molecular weight is 384 g/mol. The van der Waals surface area contributed by atoms with Crippen LogP contribution in [0.4, 0.5) is 4.79 Å². The first kappa shape index (κ1) is 18.8. The fraction of sp³-hybridized carbons (Fsp3) is 0.571. The molecule has 1 saturated heterocycles. The molecule has 150 valence electrons. The van der Waals surface area contributed by atoms with Crippen molar-refractivity contribution in [1.82, 2.24) is 19.6 Å². The normalized spacial score (nSPS) is 20.4. The molecular weight excluding hydrogens is 356 g/mol. The van der Waals surface area contributed by atoms with Crippen LogP contribution in [0.25, 0.3) is 10.9 Å². The number of ether oxygens (including phenoxy) is 1. The van der Waals surface area contributed by atoms with E-state index < -0.39 is 5.60 Å². The molecule has 7 nitrogen and oxygen atoms in total. The number of aromatic nitrogens is 2. The predicted molar refractivity (Wildman–Crippen MR) is 106 cm³/mol. The third-order valence-electron chi connectivity index (χ3n) is 5.37. The van der Waals surface area contributed by atoms with Gasteiger partial charge in [-0.3, -0.25) is 9.48 Å². The molecule has 0 spiro atoms. The van der Waals surface area contributed by atoms with Crippen molar-refractivity contribution in [3.63, 3.8) is 0 Å². The third kappa shape index (κ3) is 3.70. The zero-order chi connectivity index (χ0) is 19.9. The summed E-state index contributed by atoms with van der Waals surface area (Å²) in [4.78, 5) is 29.2. The molecule has 0 N–H and O–H groups in total. The molecule has 1 atom stereocenters. The lowest BCUT2D eigenvalue weighted by Gasteiger charge is -2.37. The largest absolute Gasteiger partial charge is 0.444 e. The summed E-state index contributed by atoms with van der Waals surface area (Å²) in [7, 11) is 0. The summed E-state index contributed by atoms with van der Waals surface area (Å²) in [6.45, 7) is 9.03. The Morgan fingerprint density at radius 2 is 2.00 bits per heavy atom. The van der Waals surface area contributed by atoms with E-state index in [4.69, 9.17) is 4.74 Å². The van der Waals surface area contributed by atoms with Crippen molar-refractivity contribution >= 4 is 22.9 Å². The maximum Gasteiger partial charge on any atom is 0.410 e. The average Bonchev–Trinajstić information content (AvgIpc) is 3.02. The van der Waals surface area contributed by atoms with Crippen LogP contribution in [0.5, 0.6) is 0 Å². The SMILES string of the molecule is CC(C)(C)OC(=O)N1CCCC(CN2CCn3nc4ccccc4c3C2=O)C1. The summed E-state index contributed by atoms with van der Waals surface area (Å²) in [5.41, 5.74) is 1.05. The van der Waals surface area contributed by atoms with Gasteiger partial charge in [0.15, 0.2) is 0 Å². The van der Waals surface area contributed by atoms with Gasteiger partial charge < -0.3 is 14.5 Å². The van der Waals surface area contributed by atoms with Crippen LogP contribution in [-0.2, 0) is 11.3 Å². The van der Waals surface area contributed by atoms with Gasteiger partial charge >= 0.3 is 6.09 Å². The molecule has 4 rings (SSSR count). The van der Waals surface area contributed by atoms with Crippen LogP contribution in [0.3, 0.4) is 0 Å². The molecule has 1 unspecified atom stereocenters. The van der Waals surface area contributed by atoms with E-state index in [0.717, 1.165) is 30.3 Å². The first-order valence-electron chi connectivity index (χ1n) is 10.0. The highest BCUT2D eigenvalue weighted by molar-refractivity contribution is 6.05. The molecule has 2 amide bonds. The second-order valence-corrected chi connectivity index (χ2v) is 8.77. The maximum atomic E-state index is 13.1. The summed E-state index contributed by atoms with van der Waals surface area (Å²) in [5, 5.41) is 5.47. The van der Waals surface area contributed by atoms with Crippen molar-refractivity contribution in [3.8, 4) is 0 Å². The highest BCUT2D eigenvalue weighted by atomic mass is 16.6. The van der Waals surface area contributed by atoms with Gasteiger partial charge in [-0.2, -0.15) is 5.10 Å². The first-order valence-corrected chi connectivity index (χ1v) is 10.0. The summed E-state index contributed by atoms with van der Waals surface area (Å²) < 4.78 is 7.35. The third-order valence-corrected chi connectivity index (χ3v) is 5.37. The number of carbonyl (C=O) groups excluding carboxylic acids is 2. The minimum absolute atomic E-state index is 0.0364. The number of amides is 2. The highest BCUT2D eigenvalue weighted by Crippen LogP contribution is 2.25. The predicted octanol–water partition coefficient (Wildman–Crippen LogP) is 3.14. The van der Waals surface area contributed by atoms with E-state index in [-0.39, 0.29) is 17.9 Å². The van der Waals surface area contributed by atoms with E-state index in [1.54, 1.807) is 4.90 Å². The minimum Gasteiger partial charge on any atom is -0.444 e. The van der Waals surface area contributed by atoms with Gasteiger partial charge in [-0.25, -0.2) is 4.79 Å². The van der Waals surface area contributed by atoms with Crippen molar-refractivity contribution in [2.75, 3.05) is 26.2 Å². The summed E-state index contributed by atoms with van der Waals surface area (Å²) >= 11 is 0. The molecule has 2 aromatic rings. The summed E-state index contributed by atoms with van der Waals surface area (Å²) in [5.74, 6) is 0.306. The Balaban J connectivity index is 1.45. The number of piperidine rings is 1. The van der Waals surface area contributed by atoms with E-state index >= 15 is 0 Å². The van der Waals surface area contributed by atoms with Gasteiger partial charge in [0.2, 0.25) is 0 Å². The fourth-order valence-corrected chi connectivity index (χ4v) is 4.13. The van der Waals surface area contributed by atoms with Crippen molar-refractivity contribution in [1.29, 1.82) is 0 Å². The molecule has 3 heterocycles. The van der Waals surface area contributed by atoms with Crippen LogP contribution in [0.2, 0.25) is 0 Å². The van der Waals surface area contributed by atoms with Gasteiger partial charge in [0.1, 0.15) is 11.3 Å². The molecule has 2 aliphatic heterocycles. The summed E-state index contributed by atoms with van der Waals surface area (Å²) in [6.07, 6.45) is 1.70. The van der Waals surface area contributed by atoms with Crippen molar-refractivity contribution in [2.24, 2.45) is 5.92 Å². The molecule has 0 saturated carbocycles. The van der Waals surface area contributed by atoms with Gasteiger partial charge in [-0.05, 0) is 45.6 Å². The molecule has 1 fully saturated rings. The lowest BCUT2D eigenvalue weighted by molar-refractivity contribution is 0.0143. The Bertz CT molecular complexity index is 899. The van der Waals surface area contributed by atoms with Gasteiger partial charge in [0, 0.05) is 31.6 Å². The smallest absolute Gasteiger partial charge is 0.410 e. The highest BCUT2D eigenvalue weighted by Gasteiger charge is 2.33. The topological polar surface area (TPSA) is 67.7 Å². The lowest BCUT2D eigenvalue weighted by atomic mass is 9.97. The van der Waals surface area contributed by atoms with E-state index in [2.05, 4.69) is 5.10 Å².